The van der Waals surface area contributed by atoms with Gasteiger partial charge in [-0.2, -0.15) is 10.2 Å². The maximum absolute atomic E-state index is 8.83. The zero-order chi connectivity index (χ0) is 15.1. The highest BCUT2D eigenvalue weighted by atomic mass is 16.5. The lowest BCUT2D eigenvalue weighted by Gasteiger charge is -2.24. The summed E-state index contributed by atoms with van der Waals surface area (Å²) in [6, 6.07) is 9.86. The molecule has 0 saturated carbocycles. The fourth-order valence-electron chi connectivity index (χ4n) is 2.08. The van der Waals surface area contributed by atoms with E-state index in [9.17, 15) is 0 Å². The van der Waals surface area contributed by atoms with Crippen molar-refractivity contribution in [2.24, 2.45) is 5.84 Å². The molecule has 0 spiro atoms. The second-order valence-electron chi connectivity index (χ2n) is 4.42. The number of nitrogens with zero attached hydrogens (tertiary/aromatic N) is 4. The Morgan fingerprint density at radius 3 is 2.86 bits per heavy atom. The van der Waals surface area contributed by atoms with Gasteiger partial charge in [-0.15, -0.1) is 0 Å². The van der Waals surface area contributed by atoms with Crippen molar-refractivity contribution in [1.82, 2.24) is 9.97 Å². The molecular formula is C14H18N6O. The Labute approximate surface area is 123 Å². The van der Waals surface area contributed by atoms with Crippen LogP contribution in [0.4, 0.5) is 11.8 Å². The minimum atomic E-state index is 0.350. The third-order valence-electron chi connectivity index (χ3n) is 3.07. The second kappa shape index (κ2) is 7.38. The number of rotatable bonds is 7. The van der Waals surface area contributed by atoms with Gasteiger partial charge in [0.2, 0.25) is 5.95 Å². The summed E-state index contributed by atoms with van der Waals surface area (Å²) >= 11 is 0. The number of benzene rings is 1. The Balaban J connectivity index is 2.46. The molecule has 0 fully saturated rings. The summed E-state index contributed by atoms with van der Waals surface area (Å²) in [5, 5.41) is 9.75. The summed E-state index contributed by atoms with van der Waals surface area (Å²) in [7, 11) is 1.65. The molecule has 1 aromatic carbocycles. The van der Waals surface area contributed by atoms with Crippen LogP contribution >= 0.6 is 0 Å². The van der Waals surface area contributed by atoms with E-state index in [1.807, 2.05) is 29.2 Å². The van der Waals surface area contributed by atoms with Gasteiger partial charge in [0.05, 0.1) is 24.6 Å². The Morgan fingerprint density at radius 1 is 1.33 bits per heavy atom. The van der Waals surface area contributed by atoms with Crippen molar-refractivity contribution in [2.75, 3.05) is 37.1 Å². The summed E-state index contributed by atoms with van der Waals surface area (Å²) in [4.78, 5) is 10.8. The molecule has 0 radical (unpaired) electrons. The van der Waals surface area contributed by atoms with Gasteiger partial charge in [-0.05, 0) is 12.1 Å². The average Bonchev–Trinajstić information content (AvgIpc) is 2.54. The van der Waals surface area contributed by atoms with Gasteiger partial charge in [-0.1, -0.05) is 12.1 Å². The van der Waals surface area contributed by atoms with E-state index in [1.165, 1.54) is 0 Å². The summed E-state index contributed by atoms with van der Waals surface area (Å²) in [6.07, 6.45) is 0.410. The lowest BCUT2D eigenvalue weighted by atomic mass is 10.2. The number of nitriles is 1. The molecule has 0 unspecified atom stereocenters. The maximum Gasteiger partial charge on any atom is 0.239 e. The summed E-state index contributed by atoms with van der Waals surface area (Å²) in [6.45, 7) is 1.77. The van der Waals surface area contributed by atoms with Crippen LogP contribution in [0.2, 0.25) is 0 Å². The minimum Gasteiger partial charge on any atom is -0.383 e. The fourth-order valence-corrected chi connectivity index (χ4v) is 2.08. The predicted molar refractivity (Wildman–Crippen MR) is 81.7 cm³/mol. The number of aromatic nitrogens is 2. The summed E-state index contributed by atoms with van der Waals surface area (Å²) < 4.78 is 5.13. The molecule has 3 N–H and O–H groups in total. The maximum atomic E-state index is 8.83. The van der Waals surface area contributed by atoms with Crippen molar-refractivity contribution in [3.05, 3.63) is 24.3 Å². The van der Waals surface area contributed by atoms with E-state index < -0.39 is 0 Å². The zero-order valence-electron chi connectivity index (χ0n) is 11.9. The van der Waals surface area contributed by atoms with E-state index in [-0.39, 0.29) is 0 Å². The van der Waals surface area contributed by atoms with Gasteiger partial charge in [-0.3, -0.25) is 5.43 Å². The monoisotopic (exact) mass is 286 g/mol. The molecule has 0 aliphatic heterocycles. The Hall–Kier alpha value is -2.43. The van der Waals surface area contributed by atoms with Gasteiger partial charge in [0.1, 0.15) is 5.82 Å². The van der Waals surface area contributed by atoms with Gasteiger partial charge in [-0.25, -0.2) is 10.8 Å². The molecule has 2 rings (SSSR count). The van der Waals surface area contributed by atoms with E-state index >= 15 is 0 Å². The molecule has 1 heterocycles. The smallest absolute Gasteiger partial charge is 0.239 e. The lowest BCUT2D eigenvalue weighted by Crippen LogP contribution is -2.29. The molecule has 0 bridgehead atoms. The first-order chi connectivity index (χ1) is 10.3. The van der Waals surface area contributed by atoms with Gasteiger partial charge < -0.3 is 9.64 Å². The van der Waals surface area contributed by atoms with E-state index in [0.717, 1.165) is 16.7 Å². The molecule has 0 atom stereocenters. The Kier molecular flexibility index (Phi) is 5.26. The Bertz CT molecular complexity index is 639. The van der Waals surface area contributed by atoms with Crippen LogP contribution in [0.25, 0.3) is 10.9 Å². The molecule has 7 nitrogen and oxygen atoms in total. The molecule has 0 saturated heterocycles. The van der Waals surface area contributed by atoms with E-state index in [1.54, 1.807) is 7.11 Å². The van der Waals surface area contributed by atoms with Gasteiger partial charge >= 0.3 is 0 Å². The number of nitrogens with one attached hydrogen (secondary N) is 1. The highest BCUT2D eigenvalue weighted by molar-refractivity contribution is 5.90. The number of hydrogen-bond donors (Lipinski definition) is 2. The van der Waals surface area contributed by atoms with Gasteiger partial charge in [0, 0.05) is 25.6 Å². The van der Waals surface area contributed by atoms with Crippen molar-refractivity contribution >= 4 is 22.7 Å². The fraction of sp³-hybridized carbons (Fsp3) is 0.357. The van der Waals surface area contributed by atoms with Crippen LogP contribution in [-0.4, -0.2) is 36.8 Å². The highest BCUT2D eigenvalue weighted by Crippen LogP contribution is 2.25. The number of fused-ring (bicyclic) bond motifs is 1. The number of hydrogen-bond acceptors (Lipinski definition) is 7. The number of hydrazine groups is 1. The zero-order valence-corrected chi connectivity index (χ0v) is 11.9. The number of nitrogens with two attached hydrogens (primary N) is 1. The molecule has 1 aromatic heterocycles. The normalized spacial score (nSPS) is 10.3. The number of methoxy groups -OCH3 is 1. The highest BCUT2D eigenvalue weighted by Gasteiger charge is 2.14. The summed E-state index contributed by atoms with van der Waals surface area (Å²) in [5.41, 5.74) is 3.28. The van der Waals surface area contributed by atoms with Crippen LogP contribution in [0, 0.1) is 11.3 Å². The molecule has 0 aliphatic rings. The van der Waals surface area contributed by atoms with Crippen molar-refractivity contribution in [2.45, 2.75) is 6.42 Å². The molecule has 110 valence electrons. The number of nitrogen functional groups attached to an aromatic ring is 1. The molecule has 21 heavy (non-hydrogen) atoms. The van der Waals surface area contributed by atoms with Crippen molar-refractivity contribution in [3.8, 4) is 6.07 Å². The van der Waals surface area contributed by atoms with Crippen molar-refractivity contribution in [1.29, 1.82) is 5.26 Å². The van der Waals surface area contributed by atoms with Crippen molar-refractivity contribution < 1.29 is 4.74 Å². The van der Waals surface area contributed by atoms with Crippen LogP contribution in [0.15, 0.2) is 24.3 Å². The van der Waals surface area contributed by atoms with E-state index in [4.69, 9.17) is 15.8 Å². The van der Waals surface area contributed by atoms with Crippen molar-refractivity contribution in [3.63, 3.8) is 0 Å². The van der Waals surface area contributed by atoms with E-state index in [2.05, 4.69) is 21.5 Å². The third kappa shape index (κ3) is 3.56. The minimum absolute atomic E-state index is 0.350. The molecule has 0 amide bonds. The first-order valence-corrected chi connectivity index (χ1v) is 6.64. The number of anilines is 2. The van der Waals surface area contributed by atoms with Gasteiger partial charge in [0.15, 0.2) is 0 Å². The third-order valence-corrected chi connectivity index (χ3v) is 3.07. The van der Waals surface area contributed by atoms with Crippen LogP contribution in [0.3, 0.4) is 0 Å². The van der Waals surface area contributed by atoms with Crippen LogP contribution in [-0.2, 0) is 4.74 Å². The largest absolute Gasteiger partial charge is 0.383 e. The first kappa shape index (κ1) is 15.0. The SMILES string of the molecule is COCCN(CCC#N)c1nc(NN)nc2ccccc12. The lowest BCUT2D eigenvalue weighted by molar-refractivity contribution is 0.205. The van der Waals surface area contributed by atoms with E-state index in [0.29, 0.717) is 32.1 Å². The average molecular weight is 286 g/mol. The first-order valence-electron chi connectivity index (χ1n) is 6.64. The van der Waals surface area contributed by atoms with Crippen LogP contribution in [0.1, 0.15) is 6.42 Å². The number of ether oxygens (including phenoxy) is 1. The second-order valence-corrected chi connectivity index (χ2v) is 4.42. The topological polar surface area (TPSA) is 100 Å². The van der Waals surface area contributed by atoms with Crippen LogP contribution < -0.4 is 16.2 Å². The predicted octanol–water partition coefficient (Wildman–Crippen LogP) is 1.28. The standard InChI is InChI=1S/C14H18N6O/c1-21-10-9-20(8-4-7-15)13-11-5-2-3-6-12(11)17-14(18-13)19-16/h2-3,5-6H,4,8-10,16H2,1H3,(H,17,18,19). The Morgan fingerprint density at radius 2 is 2.14 bits per heavy atom. The van der Waals surface area contributed by atoms with Crippen LogP contribution in [0.5, 0.6) is 0 Å². The van der Waals surface area contributed by atoms with Gasteiger partial charge in [0.25, 0.3) is 0 Å². The quantitative estimate of drug-likeness (QED) is 0.584. The molecule has 7 heteroatoms. The molecule has 2 aromatic rings. The number of para-hydroxylation sites is 1. The summed E-state index contributed by atoms with van der Waals surface area (Å²) in [5.74, 6) is 6.54. The molecule has 0 aliphatic carbocycles. The molecular weight excluding hydrogens is 268 g/mol.